The molecule has 1 atom stereocenters. The van der Waals surface area contributed by atoms with Gasteiger partial charge in [0.1, 0.15) is 0 Å². The fraction of sp³-hybridized carbons (Fsp3) is 0.417. The molecule has 0 saturated heterocycles. The number of amides is 1. The van der Waals surface area contributed by atoms with E-state index in [4.69, 9.17) is 11.6 Å². The van der Waals surface area contributed by atoms with Crippen LogP contribution in [0.1, 0.15) is 24.2 Å². The number of alkyl halides is 1. The van der Waals surface area contributed by atoms with Crippen LogP contribution in [0.3, 0.4) is 0 Å². The van der Waals surface area contributed by atoms with Crippen LogP contribution in [0.15, 0.2) is 22.7 Å². The summed E-state index contributed by atoms with van der Waals surface area (Å²) in [6.07, 6.45) is 0. The lowest BCUT2D eigenvalue weighted by atomic mass is 10.1. The van der Waals surface area contributed by atoms with Gasteiger partial charge in [0.05, 0.1) is 5.02 Å². The highest BCUT2D eigenvalue weighted by molar-refractivity contribution is 9.10. The molecule has 1 unspecified atom stereocenters. The van der Waals surface area contributed by atoms with Gasteiger partial charge in [0.15, 0.2) is 0 Å². The molecule has 0 saturated carbocycles. The van der Waals surface area contributed by atoms with Crippen molar-refractivity contribution in [2.24, 2.45) is 5.92 Å². The minimum absolute atomic E-state index is 0.107. The van der Waals surface area contributed by atoms with Crippen LogP contribution < -0.4 is 5.32 Å². The Bertz CT molecular complexity index is 409. The maximum Gasteiger partial charge on any atom is 0.251 e. The Labute approximate surface area is 123 Å². The molecule has 1 amide bonds. The number of carbonyl (C=O) groups is 1. The second kappa shape index (κ2) is 6.76. The first-order chi connectivity index (χ1) is 7.91. The van der Waals surface area contributed by atoms with Crippen LogP contribution >= 0.6 is 43.5 Å². The van der Waals surface area contributed by atoms with Crippen LogP contribution in [0, 0.1) is 5.92 Å². The number of nitrogens with one attached hydrogen (secondary N) is 1. The predicted molar refractivity (Wildman–Crippen MR) is 79.0 cm³/mol. The molecule has 0 fully saturated rings. The average Bonchev–Trinajstić information content (AvgIpc) is 2.28. The third-order valence-corrected chi connectivity index (χ3v) is 4.98. The van der Waals surface area contributed by atoms with E-state index in [2.05, 4.69) is 51.0 Å². The predicted octanol–water partition coefficient (Wildman–Crippen LogP) is 4.25. The highest BCUT2D eigenvalue weighted by Gasteiger charge is 2.12. The number of hydrogen-bond acceptors (Lipinski definition) is 1. The van der Waals surface area contributed by atoms with Gasteiger partial charge >= 0.3 is 0 Å². The average molecular weight is 384 g/mol. The fourth-order valence-electron chi connectivity index (χ4n) is 1.17. The Hall–Kier alpha value is -0.0600. The van der Waals surface area contributed by atoms with Gasteiger partial charge in [0, 0.05) is 21.4 Å². The molecule has 0 heterocycles. The smallest absolute Gasteiger partial charge is 0.251 e. The van der Waals surface area contributed by atoms with E-state index >= 15 is 0 Å². The van der Waals surface area contributed by atoms with E-state index in [0.29, 0.717) is 23.0 Å². The van der Waals surface area contributed by atoms with E-state index in [1.807, 2.05) is 0 Å². The summed E-state index contributed by atoms with van der Waals surface area (Å²) < 4.78 is 0.788. The lowest BCUT2D eigenvalue weighted by molar-refractivity contribution is 0.0953. The number of hydrogen-bond donors (Lipinski definition) is 1. The Morgan fingerprint density at radius 3 is 2.65 bits per heavy atom. The Morgan fingerprint density at radius 2 is 2.12 bits per heavy atom. The molecule has 1 aromatic carbocycles. The highest BCUT2D eigenvalue weighted by Crippen LogP contribution is 2.23. The van der Waals surface area contributed by atoms with Gasteiger partial charge in [0.2, 0.25) is 0 Å². The van der Waals surface area contributed by atoms with Crippen molar-refractivity contribution in [2.45, 2.75) is 18.7 Å². The lowest BCUT2D eigenvalue weighted by Gasteiger charge is -2.14. The van der Waals surface area contributed by atoms with Crippen LogP contribution in [0.5, 0.6) is 0 Å². The van der Waals surface area contributed by atoms with Crippen LogP contribution in [0.25, 0.3) is 0 Å². The molecule has 0 radical (unpaired) electrons. The zero-order chi connectivity index (χ0) is 13.0. The topological polar surface area (TPSA) is 29.1 Å². The van der Waals surface area contributed by atoms with E-state index in [1.165, 1.54) is 0 Å². The summed E-state index contributed by atoms with van der Waals surface area (Å²) >= 11 is 12.7. The summed E-state index contributed by atoms with van der Waals surface area (Å²) in [4.78, 5) is 12.1. The largest absolute Gasteiger partial charge is 0.351 e. The molecule has 0 bridgehead atoms. The maximum absolute atomic E-state index is 11.8. The molecule has 17 heavy (non-hydrogen) atoms. The van der Waals surface area contributed by atoms with Gasteiger partial charge < -0.3 is 5.32 Å². The first kappa shape index (κ1) is 15.0. The van der Waals surface area contributed by atoms with Crippen molar-refractivity contribution < 1.29 is 4.79 Å². The van der Waals surface area contributed by atoms with Gasteiger partial charge in [-0.25, -0.2) is 0 Å². The van der Waals surface area contributed by atoms with Gasteiger partial charge in [-0.2, -0.15) is 0 Å². The summed E-state index contributed by atoms with van der Waals surface area (Å²) in [7, 11) is 0. The third-order valence-electron chi connectivity index (χ3n) is 2.36. The van der Waals surface area contributed by atoms with Crippen LogP contribution in [0.2, 0.25) is 5.02 Å². The van der Waals surface area contributed by atoms with Crippen LogP contribution in [0.4, 0.5) is 0 Å². The fourth-order valence-corrected chi connectivity index (χ4v) is 1.75. The van der Waals surface area contributed by atoms with Crippen molar-refractivity contribution in [3.8, 4) is 0 Å². The van der Waals surface area contributed by atoms with Crippen LogP contribution in [-0.2, 0) is 0 Å². The Balaban J connectivity index is 2.61. The summed E-state index contributed by atoms with van der Waals surface area (Å²) in [5, 5.41) is 3.41. The second-order valence-corrected chi connectivity index (χ2v) is 6.54. The minimum Gasteiger partial charge on any atom is -0.351 e. The monoisotopic (exact) mass is 381 g/mol. The van der Waals surface area contributed by atoms with Crippen molar-refractivity contribution >= 4 is 49.4 Å². The SMILES string of the molecule is CC(C)C(Br)CNC(=O)c1ccc(Br)c(Cl)c1. The van der Waals surface area contributed by atoms with E-state index in [-0.39, 0.29) is 10.7 Å². The highest BCUT2D eigenvalue weighted by atomic mass is 79.9. The Morgan fingerprint density at radius 1 is 1.47 bits per heavy atom. The molecule has 0 spiro atoms. The third kappa shape index (κ3) is 4.60. The number of halogens is 3. The molecule has 1 N–H and O–H groups in total. The van der Waals surface area contributed by atoms with Gasteiger partial charge in [-0.15, -0.1) is 0 Å². The van der Waals surface area contributed by atoms with Crippen molar-refractivity contribution in [2.75, 3.05) is 6.54 Å². The molecule has 1 aromatic rings. The standard InChI is InChI=1S/C12H14Br2ClNO/c1-7(2)10(14)6-16-12(17)8-3-4-9(13)11(15)5-8/h3-5,7,10H,6H2,1-2H3,(H,16,17). The van der Waals surface area contributed by atoms with E-state index in [9.17, 15) is 4.79 Å². The molecule has 0 aliphatic heterocycles. The lowest BCUT2D eigenvalue weighted by Crippen LogP contribution is -2.31. The van der Waals surface area contributed by atoms with Gasteiger partial charge in [-0.05, 0) is 40.0 Å². The van der Waals surface area contributed by atoms with E-state index in [1.54, 1.807) is 18.2 Å². The summed E-state index contributed by atoms with van der Waals surface area (Å²) in [6.45, 7) is 4.80. The Kier molecular flexibility index (Phi) is 5.97. The summed E-state index contributed by atoms with van der Waals surface area (Å²) in [5.74, 6) is 0.369. The first-order valence-corrected chi connectivity index (χ1v) is 7.37. The minimum atomic E-state index is -0.107. The molecular weight excluding hydrogens is 369 g/mol. The normalized spacial score (nSPS) is 12.6. The summed E-state index contributed by atoms with van der Waals surface area (Å²) in [6, 6.07) is 5.16. The van der Waals surface area contributed by atoms with Crippen molar-refractivity contribution in [3.63, 3.8) is 0 Å². The molecule has 1 rings (SSSR count). The molecule has 5 heteroatoms. The van der Waals surface area contributed by atoms with Crippen LogP contribution in [-0.4, -0.2) is 17.3 Å². The van der Waals surface area contributed by atoms with Gasteiger partial charge in [-0.1, -0.05) is 41.4 Å². The number of carbonyl (C=O) groups excluding carboxylic acids is 1. The molecular formula is C12H14Br2ClNO. The second-order valence-electron chi connectivity index (χ2n) is 4.10. The van der Waals surface area contributed by atoms with E-state index in [0.717, 1.165) is 4.47 Å². The molecule has 0 aliphatic carbocycles. The molecule has 0 aliphatic rings. The van der Waals surface area contributed by atoms with Crippen molar-refractivity contribution in [3.05, 3.63) is 33.3 Å². The zero-order valence-corrected chi connectivity index (χ0v) is 13.6. The van der Waals surface area contributed by atoms with Crippen molar-refractivity contribution in [1.82, 2.24) is 5.32 Å². The molecule has 2 nitrogen and oxygen atoms in total. The maximum atomic E-state index is 11.8. The molecule has 0 aromatic heterocycles. The zero-order valence-electron chi connectivity index (χ0n) is 9.64. The van der Waals surface area contributed by atoms with Gasteiger partial charge in [-0.3, -0.25) is 4.79 Å². The number of benzene rings is 1. The van der Waals surface area contributed by atoms with Gasteiger partial charge in [0.25, 0.3) is 5.91 Å². The summed E-state index contributed by atoms with van der Waals surface area (Å²) in [5.41, 5.74) is 0.571. The van der Waals surface area contributed by atoms with E-state index < -0.39 is 0 Å². The quantitative estimate of drug-likeness (QED) is 0.774. The first-order valence-electron chi connectivity index (χ1n) is 5.29. The van der Waals surface area contributed by atoms with Crippen molar-refractivity contribution in [1.29, 1.82) is 0 Å². The molecule has 94 valence electrons. The number of rotatable bonds is 4.